The van der Waals surface area contributed by atoms with Crippen LogP contribution in [0.15, 0.2) is 36.9 Å². The number of imidazole rings is 1. The van der Waals surface area contributed by atoms with Crippen molar-refractivity contribution in [2.75, 3.05) is 17.6 Å². The number of nitrogens with zero attached hydrogens (tertiary/aromatic N) is 4. The lowest BCUT2D eigenvalue weighted by Gasteiger charge is -2.21. The van der Waals surface area contributed by atoms with Crippen LogP contribution >= 0.6 is 0 Å². The molecule has 1 fully saturated rings. The highest BCUT2D eigenvalue weighted by atomic mass is 15.1. The first kappa shape index (κ1) is 14.9. The first-order chi connectivity index (χ1) is 11.8. The summed E-state index contributed by atoms with van der Waals surface area (Å²) < 4.78 is 1.95. The first-order valence-corrected chi connectivity index (χ1v) is 8.58. The van der Waals surface area contributed by atoms with Crippen molar-refractivity contribution in [1.82, 2.24) is 19.4 Å². The van der Waals surface area contributed by atoms with Crippen LogP contribution in [0.4, 0.5) is 11.5 Å². The van der Waals surface area contributed by atoms with E-state index in [1.807, 2.05) is 28.9 Å². The minimum Gasteiger partial charge on any atom is -0.398 e. The quantitative estimate of drug-likeness (QED) is 0.769. The number of hydrogen-bond acceptors (Lipinski definition) is 5. The predicted octanol–water partition coefficient (Wildman–Crippen LogP) is 3.37. The molecule has 6 heteroatoms. The summed E-state index contributed by atoms with van der Waals surface area (Å²) in [6.45, 7) is 0.970. The lowest BCUT2D eigenvalue weighted by Crippen LogP contribution is -2.17. The van der Waals surface area contributed by atoms with Gasteiger partial charge in [0.15, 0.2) is 0 Å². The average Bonchev–Trinajstić information content (AvgIpc) is 3.04. The van der Waals surface area contributed by atoms with Gasteiger partial charge in [0.2, 0.25) is 0 Å². The summed E-state index contributed by atoms with van der Waals surface area (Å²) in [6.07, 6.45) is 13.9. The van der Waals surface area contributed by atoms with Crippen molar-refractivity contribution < 1.29 is 0 Å². The molecule has 0 bridgehead atoms. The maximum atomic E-state index is 5.89. The minimum absolute atomic E-state index is 0.696. The summed E-state index contributed by atoms with van der Waals surface area (Å²) in [5.74, 6) is 1.57. The summed E-state index contributed by atoms with van der Waals surface area (Å²) in [6, 6.07) is 3.75. The number of hydrogen-bond donors (Lipinski definition) is 2. The Kier molecular flexibility index (Phi) is 4.02. The van der Waals surface area contributed by atoms with E-state index in [9.17, 15) is 0 Å². The molecule has 3 aromatic rings. The molecule has 3 N–H and O–H groups in total. The topological polar surface area (TPSA) is 81.1 Å². The molecule has 0 radical (unpaired) electrons. The Morgan fingerprint density at radius 2 is 2.00 bits per heavy atom. The number of pyridine rings is 1. The molecule has 6 nitrogen and oxygen atoms in total. The van der Waals surface area contributed by atoms with Crippen molar-refractivity contribution in [3.63, 3.8) is 0 Å². The molecule has 0 atom stereocenters. The van der Waals surface area contributed by atoms with Crippen LogP contribution in [0, 0.1) is 5.92 Å². The van der Waals surface area contributed by atoms with Gasteiger partial charge in [0.05, 0.1) is 24.3 Å². The Labute approximate surface area is 141 Å². The molecule has 0 aromatic carbocycles. The van der Waals surface area contributed by atoms with Gasteiger partial charge >= 0.3 is 0 Å². The fourth-order valence-corrected chi connectivity index (χ4v) is 3.40. The van der Waals surface area contributed by atoms with Gasteiger partial charge in [-0.05, 0) is 30.9 Å². The number of nitrogens with two attached hydrogens (primary N) is 1. The van der Waals surface area contributed by atoms with Crippen molar-refractivity contribution in [2.24, 2.45) is 5.92 Å². The van der Waals surface area contributed by atoms with Crippen LogP contribution in [0.2, 0.25) is 0 Å². The van der Waals surface area contributed by atoms with E-state index in [0.29, 0.717) is 5.69 Å². The Bertz CT molecular complexity index is 834. The third-order valence-corrected chi connectivity index (χ3v) is 4.72. The summed E-state index contributed by atoms with van der Waals surface area (Å²) in [5.41, 5.74) is 9.13. The van der Waals surface area contributed by atoms with Crippen molar-refractivity contribution in [1.29, 1.82) is 0 Å². The number of anilines is 2. The third-order valence-electron chi connectivity index (χ3n) is 4.72. The van der Waals surface area contributed by atoms with Gasteiger partial charge in [0.25, 0.3) is 0 Å². The van der Waals surface area contributed by atoms with Gasteiger partial charge in [-0.25, -0.2) is 9.97 Å². The van der Waals surface area contributed by atoms with Gasteiger partial charge in [0, 0.05) is 18.4 Å². The number of nitrogens with one attached hydrogen (secondary N) is 1. The molecule has 0 unspecified atom stereocenters. The molecule has 1 aliphatic rings. The molecule has 0 saturated heterocycles. The number of fused-ring (bicyclic) bond motifs is 1. The van der Waals surface area contributed by atoms with Gasteiger partial charge in [-0.15, -0.1) is 0 Å². The first-order valence-electron chi connectivity index (χ1n) is 8.58. The molecule has 0 amide bonds. The zero-order chi connectivity index (χ0) is 16.4. The smallest absolute Gasteiger partial charge is 0.145 e. The predicted molar refractivity (Wildman–Crippen MR) is 95.7 cm³/mol. The van der Waals surface area contributed by atoms with E-state index < -0.39 is 0 Å². The van der Waals surface area contributed by atoms with E-state index in [1.165, 1.54) is 32.1 Å². The van der Waals surface area contributed by atoms with Crippen LogP contribution in [-0.2, 0) is 0 Å². The van der Waals surface area contributed by atoms with Crippen LogP contribution in [0.25, 0.3) is 17.0 Å². The number of aromatic nitrogens is 4. The molecular formula is C18H22N6. The summed E-state index contributed by atoms with van der Waals surface area (Å²) in [5, 5.41) is 3.45. The Balaban J connectivity index is 1.56. The SMILES string of the molecule is Nc1ccc2ncc(-c3cncc(NCC4CCCCC4)n3)n2c1. The molecule has 4 rings (SSSR count). The van der Waals surface area contributed by atoms with Crippen molar-refractivity contribution >= 4 is 17.2 Å². The second-order valence-corrected chi connectivity index (χ2v) is 6.51. The fourth-order valence-electron chi connectivity index (χ4n) is 3.40. The van der Waals surface area contributed by atoms with E-state index >= 15 is 0 Å². The maximum absolute atomic E-state index is 5.89. The van der Waals surface area contributed by atoms with Gasteiger partial charge in [-0.2, -0.15) is 0 Å². The number of nitrogen functional groups attached to an aromatic ring is 1. The Morgan fingerprint density at radius 3 is 2.88 bits per heavy atom. The van der Waals surface area contributed by atoms with E-state index in [4.69, 9.17) is 10.7 Å². The molecule has 1 saturated carbocycles. The standard InChI is InChI=1S/C18H22N6/c19-14-6-7-18-22-10-16(24(18)12-14)15-9-20-11-17(23-15)21-8-13-4-2-1-3-5-13/h6-7,9-13H,1-5,8,19H2,(H,21,23). The van der Waals surface area contributed by atoms with Crippen LogP contribution < -0.4 is 11.1 Å². The van der Waals surface area contributed by atoms with E-state index in [2.05, 4.69) is 15.3 Å². The molecule has 1 aliphatic carbocycles. The molecule has 124 valence electrons. The zero-order valence-electron chi connectivity index (χ0n) is 13.7. The molecule has 0 aliphatic heterocycles. The fraction of sp³-hybridized carbons (Fsp3) is 0.389. The van der Waals surface area contributed by atoms with Crippen LogP contribution in [0.3, 0.4) is 0 Å². The van der Waals surface area contributed by atoms with Gasteiger partial charge in [-0.3, -0.25) is 9.38 Å². The second kappa shape index (κ2) is 6.47. The monoisotopic (exact) mass is 322 g/mol. The van der Waals surface area contributed by atoms with Crippen molar-refractivity contribution in [2.45, 2.75) is 32.1 Å². The highest BCUT2D eigenvalue weighted by Gasteiger charge is 2.14. The summed E-state index contributed by atoms with van der Waals surface area (Å²) >= 11 is 0. The molecule has 3 heterocycles. The van der Waals surface area contributed by atoms with Gasteiger partial charge < -0.3 is 11.1 Å². The van der Waals surface area contributed by atoms with Crippen LogP contribution in [0.1, 0.15) is 32.1 Å². The Morgan fingerprint density at radius 1 is 1.12 bits per heavy atom. The molecule has 0 spiro atoms. The van der Waals surface area contributed by atoms with Crippen molar-refractivity contribution in [3.05, 3.63) is 36.9 Å². The maximum Gasteiger partial charge on any atom is 0.145 e. The van der Waals surface area contributed by atoms with E-state index in [-0.39, 0.29) is 0 Å². The second-order valence-electron chi connectivity index (χ2n) is 6.51. The normalized spacial score (nSPS) is 15.7. The highest BCUT2D eigenvalue weighted by molar-refractivity contribution is 5.62. The van der Waals surface area contributed by atoms with Crippen molar-refractivity contribution in [3.8, 4) is 11.4 Å². The van der Waals surface area contributed by atoms with Crippen LogP contribution in [-0.4, -0.2) is 25.9 Å². The van der Waals surface area contributed by atoms with Gasteiger partial charge in [0.1, 0.15) is 17.2 Å². The summed E-state index contributed by atoms with van der Waals surface area (Å²) in [4.78, 5) is 13.4. The summed E-state index contributed by atoms with van der Waals surface area (Å²) in [7, 11) is 0. The lowest BCUT2D eigenvalue weighted by atomic mass is 9.89. The lowest BCUT2D eigenvalue weighted by molar-refractivity contribution is 0.373. The highest BCUT2D eigenvalue weighted by Crippen LogP contribution is 2.24. The largest absolute Gasteiger partial charge is 0.398 e. The van der Waals surface area contributed by atoms with E-state index in [1.54, 1.807) is 12.4 Å². The number of rotatable bonds is 4. The third kappa shape index (κ3) is 3.04. The molecular weight excluding hydrogens is 300 g/mol. The Hall–Kier alpha value is -2.63. The van der Waals surface area contributed by atoms with Gasteiger partial charge in [-0.1, -0.05) is 19.3 Å². The average molecular weight is 322 g/mol. The van der Waals surface area contributed by atoms with Crippen LogP contribution in [0.5, 0.6) is 0 Å². The minimum atomic E-state index is 0.696. The molecule has 3 aromatic heterocycles. The van der Waals surface area contributed by atoms with E-state index in [0.717, 1.165) is 35.3 Å². The zero-order valence-corrected chi connectivity index (χ0v) is 13.7. The molecule has 24 heavy (non-hydrogen) atoms.